The van der Waals surface area contributed by atoms with E-state index in [1.165, 1.54) is 65.0 Å². The molecule has 4 nitrogen and oxygen atoms in total. The van der Waals surface area contributed by atoms with E-state index in [2.05, 4.69) is 35.5 Å². The smallest absolute Gasteiger partial charge is 0.0470 e. The number of rotatable bonds is 10. The molecule has 0 bridgehead atoms. The summed E-state index contributed by atoms with van der Waals surface area (Å²) in [4.78, 5) is 7.90. The fourth-order valence-corrected chi connectivity index (χ4v) is 3.95. The number of likely N-dealkylation sites (N-methyl/N-ethyl adjacent to an activating group) is 1. The monoisotopic (exact) mass is 296 g/mol. The van der Waals surface area contributed by atoms with Crippen molar-refractivity contribution < 1.29 is 0 Å². The van der Waals surface area contributed by atoms with Gasteiger partial charge in [-0.1, -0.05) is 20.8 Å². The molecule has 1 atom stereocenters. The number of hydrogen-bond acceptors (Lipinski definition) is 4. The van der Waals surface area contributed by atoms with Crippen LogP contribution in [0.15, 0.2) is 0 Å². The van der Waals surface area contributed by atoms with E-state index in [-0.39, 0.29) is 5.54 Å². The Morgan fingerprint density at radius 2 is 1.81 bits per heavy atom. The molecule has 2 fully saturated rings. The Hall–Kier alpha value is -0.160. The molecule has 2 N–H and O–H groups in total. The van der Waals surface area contributed by atoms with Crippen molar-refractivity contribution in [2.24, 2.45) is 5.73 Å². The quantitative estimate of drug-likeness (QED) is 0.664. The van der Waals surface area contributed by atoms with Crippen molar-refractivity contribution in [3.05, 3.63) is 0 Å². The van der Waals surface area contributed by atoms with Crippen molar-refractivity contribution in [2.45, 2.75) is 58.0 Å². The highest BCUT2D eigenvalue weighted by Gasteiger charge is 2.45. The molecular formula is C17H36N4. The summed E-state index contributed by atoms with van der Waals surface area (Å²) in [5, 5.41) is 0. The van der Waals surface area contributed by atoms with Crippen LogP contribution in [0.4, 0.5) is 0 Å². The molecule has 4 heteroatoms. The molecule has 0 aromatic carbocycles. The first kappa shape index (κ1) is 17.2. The van der Waals surface area contributed by atoms with Crippen LogP contribution < -0.4 is 5.73 Å². The van der Waals surface area contributed by atoms with Crippen molar-refractivity contribution in [1.82, 2.24) is 14.7 Å². The van der Waals surface area contributed by atoms with Crippen LogP contribution in [0.1, 0.15) is 46.5 Å². The van der Waals surface area contributed by atoms with Gasteiger partial charge in [-0.2, -0.15) is 0 Å². The summed E-state index contributed by atoms with van der Waals surface area (Å²) >= 11 is 0. The molecule has 1 unspecified atom stereocenters. The van der Waals surface area contributed by atoms with Gasteiger partial charge in [0.25, 0.3) is 0 Å². The van der Waals surface area contributed by atoms with E-state index >= 15 is 0 Å². The topological polar surface area (TPSA) is 35.7 Å². The lowest BCUT2D eigenvalue weighted by atomic mass is 9.95. The SMILES string of the molecule is CCN(CC)CCCN(CC)C1(CN)CCN(C2CC2)C1. The predicted octanol–water partition coefficient (Wildman–Crippen LogP) is 1.61. The van der Waals surface area contributed by atoms with Crippen LogP contribution in [0.5, 0.6) is 0 Å². The zero-order chi connectivity index (χ0) is 15.3. The number of nitrogens with zero attached hydrogens (tertiary/aromatic N) is 3. The Morgan fingerprint density at radius 1 is 1.10 bits per heavy atom. The number of nitrogens with two attached hydrogens (primary N) is 1. The third-order valence-electron chi connectivity index (χ3n) is 5.65. The lowest BCUT2D eigenvalue weighted by Gasteiger charge is -2.40. The van der Waals surface area contributed by atoms with Crippen molar-refractivity contribution in [1.29, 1.82) is 0 Å². The first-order valence-electron chi connectivity index (χ1n) is 9.10. The molecular weight excluding hydrogens is 260 g/mol. The zero-order valence-corrected chi connectivity index (χ0v) is 14.5. The Morgan fingerprint density at radius 3 is 2.33 bits per heavy atom. The van der Waals surface area contributed by atoms with E-state index in [0.29, 0.717) is 0 Å². The third-order valence-corrected chi connectivity index (χ3v) is 5.65. The van der Waals surface area contributed by atoms with E-state index in [0.717, 1.165) is 19.1 Å². The maximum atomic E-state index is 6.23. The molecule has 124 valence electrons. The second-order valence-electron chi connectivity index (χ2n) is 6.84. The fraction of sp³-hybridized carbons (Fsp3) is 1.00. The van der Waals surface area contributed by atoms with Crippen LogP contribution in [0.3, 0.4) is 0 Å². The van der Waals surface area contributed by atoms with Crippen LogP contribution in [0.25, 0.3) is 0 Å². The van der Waals surface area contributed by atoms with Gasteiger partial charge in [0.2, 0.25) is 0 Å². The predicted molar refractivity (Wildman–Crippen MR) is 90.6 cm³/mol. The van der Waals surface area contributed by atoms with Crippen molar-refractivity contribution in [3.8, 4) is 0 Å². The van der Waals surface area contributed by atoms with Crippen LogP contribution in [0.2, 0.25) is 0 Å². The standard InChI is InChI=1S/C17H36N4/c1-4-19(5-2)11-7-12-21(6-3)17(14-18)10-13-20(15-17)16-8-9-16/h16H,4-15,18H2,1-3H3. The zero-order valence-electron chi connectivity index (χ0n) is 14.5. The maximum absolute atomic E-state index is 6.23. The van der Waals surface area contributed by atoms with Gasteiger partial charge < -0.3 is 10.6 Å². The van der Waals surface area contributed by atoms with E-state index in [4.69, 9.17) is 5.73 Å². The highest BCUT2D eigenvalue weighted by Crippen LogP contribution is 2.35. The molecule has 21 heavy (non-hydrogen) atoms. The van der Waals surface area contributed by atoms with Crippen molar-refractivity contribution in [3.63, 3.8) is 0 Å². The number of likely N-dealkylation sites (tertiary alicyclic amines) is 1. The van der Waals surface area contributed by atoms with Gasteiger partial charge in [0.15, 0.2) is 0 Å². The third kappa shape index (κ3) is 4.19. The Kier molecular flexibility index (Phi) is 6.48. The lowest BCUT2D eigenvalue weighted by molar-refractivity contribution is 0.0975. The summed E-state index contributed by atoms with van der Waals surface area (Å²) < 4.78 is 0. The summed E-state index contributed by atoms with van der Waals surface area (Å²) in [5.41, 5.74) is 6.48. The van der Waals surface area contributed by atoms with E-state index < -0.39 is 0 Å². The molecule has 1 aliphatic heterocycles. The van der Waals surface area contributed by atoms with Gasteiger partial charge in [0.1, 0.15) is 0 Å². The van der Waals surface area contributed by atoms with Crippen molar-refractivity contribution in [2.75, 3.05) is 52.4 Å². The molecule has 0 aromatic heterocycles. The van der Waals surface area contributed by atoms with Gasteiger partial charge >= 0.3 is 0 Å². The van der Waals surface area contributed by atoms with Crippen LogP contribution in [0, 0.1) is 0 Å². The summed E-state index contributed by atoms with van der Waals surface area (Å²) in [6, 6.07) is 0.882. The Balaban J connectivity index is 1.85. The highest BCUT2D eigenvalue weighted by molar-refractivity contribution is 5.03. The average molecular weight is 297 g/mol. The summed E-state index contributed by atoms with van der Waals surface area (Å²) in [5.74, 6) is 0. The fourth-order valence-electron chi connectivity index (χ4n) is 3.95. The second kappa shape index (κ2) is 7.91. The van der Waals surface area contributed by atoms with Crippen molar-refractivity contribution >= 4 is 0 Å². The molecule has 1 heterocycles. The van der Waals surface area contributed by atoms with Crippen LogP contribution in [-0.4, -0.2) is 78.6 Å². The maximum Gasteiger partial charge on any atom is 0.0470 e. The molecule has 2 rings (SSSR count). The number of hydrogen-bond donors (Lipinski definition) is 1. The van der Waals surface area contributed by atoms with Gasteiger partial charge in [0.05, 0.1) is 0 Å². The van der Waals surface area contributed by atoms with E-state index in [1.807, 2.05) is 0 Å². The summed E-state index contributed by atoms with van der Waals surface area (Å²) in [6.07, 6.45) is 5.35. The molecule has 1 saturated heterocycles. The van der Waals surface area contributed by atoms with E-state index in [1.54, 1.807) is 0 Å². The van der Waals surface area contributed by atoms with Crippen LogP contribution >= 0.6 is 0 Å². The van der Waals surface area contributed by atoms with Gasteiger partial charge in [-0.15, -0.1) is 0 Å². The molecule has 0 radical (unpaired) electrons. The summed E-state index contributed by atoms with van der Waals surface area (Å²) in [7, 11) is 0. The van der Waals surface area contributed by atoms with Crippen LogP contribution in [-0.2, 0) is 0 Å². The molecule has 0 aromatic rings. The average Bonchev–Trinajstić information content (AvgIpc) is 3.28. The van der Waals surface area contributed by atoms with Gasteiger partial charge in [-0.05, 0) is 58.4 Å². The Bertz CT molecular complexity index is 301. The molecule has 0 spiro atoms. The minimum absolute atomic E-state index is 0.251. The first-order valence-corrected chi connectivity index (χ1v) is 9.10. The van der Waals surface area contributed by atoms with Gasteiger partial charge in [-0.3, -0.25) is 9.80 Å². The lowest BCUT2D eigenvalue weighted by Crippen LogP contribution is -2.56. The molecule has 1 saturated carbocycles. The molecule has 1 aliphatic carbocycles. The molecule has 0 amide bonds. The summed E-state index contributed by atoms with van der Waals surface area (Å²) in [6.45, 7) is 16.0. The van der Waals surface area contributed by atoms with E-state index in [9.17, 15) is 0 Å². The minimum atomic E-state index is 0.251. The normalized spacial score (nSPS) is 27.1. The Labute approximate surface area is 131 Å². The minimum Gasteiger partial charge on any atom is -0.329 e. The largest absolute Gasteiger partial charge is 0.329 e. The van der Waals surface area contributed by atoms with Gasteiger partial charge in [-0.25, -0.2) is 0 Å². The first-order chi connectivity index (χ1) is 10.2. The second-order valence-corrected chi connectivity index (χ2v) is 6.84. The highest BCUT2D eigenvalue weighted by atomic mass is 15.3. The molecule has 2 aliphatic rings. The van der Waals surface area contributed by atoms with Gasteiger partial charge in [0, 0.05) is 31.2 Å².